The van der Waals surface area contributed by atoms with Crippen molar-refractivity contribution in [2.24, 2.45) is 4.99 Å². The molecule has 29 heavy (non-hydrogen) atoms. The van der Waals surface area contributed by atoms with Gasteiger partial charge in [0.15, 0.2) is 17.5 Å². The third-order valence-corrected chi connectivity index (χ3v) is 5.09. The monoisotopic (exact) mass is 401 g/mol. The minimum absolute atomic E-state index is 0.0522. The highest BCUT2D eigenvalue weighted by Crippen LogP contribution is 2.25. The molecule has 0 aliphatic carbocycles. The third-order valence-electron chi connectivity index (χ3n) is 4.86. The number of carbonyl (C=O) groups excluding carboxylic acids is 1. The van der Waals surface area contributed by atoms with E-state index in [9.17, 15) is 4.79 Å². The second kappa shape index (κ2) is 7.18. The van der Waals surface area contributed by atoms with E-state index in [0.717, 1.165) is 22.4 Å². The average molecular weight is 402 g/mol. The molecule has 5 nitrogen and oxygen atoms in total. The first-order valence-electron chi connectivity index (χ1n) is 9.24. The van der Waals surface area contributed by atoms with Crippen LogP contribution in [0.5, 0.6) is 0 Å². The highest BCUT2D eigenvalue weighted by Gasteiger charge is 2.27. The SMILES string of the molecule is O=C1Cc2ccccc2C(c2ccccc2)=NC1Nc1nc2ccc(Cl)cc2o1. The Hall–Kier alpha value is -3.44. The van der Waals surface area contributed by atoms with E-state index in [2.05, 4.69) is 10.3 Å². The largest absolute Gasteiger partial charge is 0.423 e. The maximum atomic E-state index is 13.0. The molecule has 1 aliphatic heterocycles. The number of nitrogens with zero attached hydrogens (tertiary/aromatic N) is 2. The van der Waals surface area contributed by atoms with Crippen LogP contribution in [0.1, 0.15) is 16.7 Å². The fraction of sp³-hybridized carbons (Fsp3) is 0.0870. The quantitative estimate of drug-likeness (QED) is 0.531. The van der Waals surface area contributed by atoms with Gasteiger partial charge in [0.1, 0.15) is 5.52 Å². The Morgan fingerprint density at radius 1 is 1.00 bits per heavy atom. The smallest absolute Gasteiger partial charge is 0.297 e. The van der Waals surface area contributed by atoms with Crippen molar-refractivity contribution in [2.75, 3.05) is 5.32 Å². The number of hydrogen-bond donors (Lipinski definition) is 1. The van der Waals surface area contributed by atoms with Crippen LogP contribution >= 0.6 is 11.6 Å². The zero-order chi connectivity index (χ0) is 19.8. The van der Waals surface area contributed by atoms with Crippen molar-refractivity contribution in [3.05, 3.63) is 94.5 Å². The van der Waals surface area contributed by atoms with Crippen molar-refractivity contribution in [1.29, 1.82) is 0 Å². The summed E-state index contributed by atoms with van der Waals surface area (Å²) in [4.78, 5) is 22.2. The Morgan fingerprint density at radius 3 is 2.66 bits per heavy atom. The molecule has 3 aromatic carbocycles. The van der Waals surface area contributed by atoms with E-state index in [-0.39, 0.29) is 18.2 Å². The molecule has 1 unspecified atom stereocenters. The van der Waals surface area contributed by atoms with Crippen LogP contribution in [-0.4, -0.2) is 22.6 Å². The van der Waals surface area contributed by atoms with Crippen molar-refractivity contribution in [3.8, 4) is 0 Å². The summed E-state index contributed by atoms with van der Waals surface area (Å²) in [5.41, 5.74) is 4.84. The lowest BCUT2D eigenvalue weighted by atomic mass is 9.96. The van der Waals surface area contributed by atoms with Crippen molar-refractivity contribution >= 4 is 40.2 Å². The van der Waals surface area contributed by atoms with Crippen molar-refractivity contribution in [2.45, 2.75) is 12.6 Å². The van der Waals surface area contributed by atoms with Gasteiger partial charge in [-0.25, -0.2) is 0 Å². The fourth-order valence-corrected chi connectivity index (χ4v) is 3.64. The number of oxazole rings is 1. The van der Waals surface area contributed by atoms with Crippen LogP contribution in [-0.2, 0) is 11.2 Å². The number of aliphatic imine (C=N–C) groups is 1. The molecule has 0 saturated heterocycles. The summed E-state index contributed by atoms with van der Waals surface area (Å²) in [5.74, 6) is -0.0522. The van der Waals surface area contributed by atoms with Crippen LogP contribution in [0.3, 0.4) is 0 Å². The first-order valence-corrected chi connectivity index (χ1v) is 9.62. The number of carbonyl (C=O) groups is 1. The van der Waals surface area contributed by atoms with Crippen LogP contribution < -0.4 is 5.32 Å². The van der Waals surface area contributed by atoms with Gasteiger partial charge < -0.3 is 9.73 Å². The number of halogens is 1. The van der Waals surface area contributed by atoms with Gasteiger partial charge in [0.2, 0.25) is 0 Å². The number of benzene rings is 3. The van der Waals surface area contributed by atoms with Crippen molar-refractivity contribution in [1.82, 2.24) is 4.98 Å². The highest BCUT2D eigenvalue weighted by atomic mass is 35.5. The molecule has 0 fully saturated rings. The number of anilines is 1. The van der Waals surface area contributed by atoms with E-state index in [1.165, 1.54) is 0 Å². The van der Waals surface area contributed by atoms with Gasteiger partial charge in [0.05, 0.1) is 5.71 Å². The Kier molecular flexibility index (Phi) is 4.37. The molecule has 1 atom stereocenters. The molecule has 1 aromatic heterocycles. The molecule has 5 rings (SSSR count). The molecule has 2 heterocycles. The molecule has 0 saturated carbocycles. The molecule has 0 radical (unpaired) electrons. The maximum absolute atomic E-state index is 13.0. The molecule has 0 bridgehead atoms. The Labute approximate surface area is 172 Å². The van der Waals surface area contributed by atoms with Gasteiger partial charge in [0.25, 0.3) is 6.01 Å². The van der Waals surface area contributed by atoms with E-state index in [4.69, 9.17) is 21.0 Å². The zero-order valence-electron chi connectivity index (χ0n) is 15.3. The van der Waals surface area contributed by atoms with Crippen LogP contribution in [0.2, 0.25) is 5.02 Å². The number of rotatable bonds is 3. The van der Waals surface area contributed by atoms with E-state index in [1.54, 1.807) is 18.2 Å². The lowest BCUT2D eigenvalue weighted by Crippen LogP contribution is -2.29. The Morgan fingerprint density at radius 2 is 1.79 bits per heavy atom. The van der Waals surface area contributed by atoms with Crippen LogP contribution in [0, 0.1) is 0 Å². The summed E-state index contributed by atoms with van der Waals surface area (Å²) >= 11 is 6.02. The third kappa shape index (κ3) is 3.41. The van der Waals surface area contributed by atoms with E-state index in [1.807, 2.05) is 54.6 Å². The van der Waals surface area contributed by atoms with Crippen molar-refractivity contribution in [3.63, 3.8) is 0 Å². The summed E-state index contributed by atoms with van der Waals surface area (Å²) in [6, 6.07) is 23.2. The average Bonchev–Trinajstić information content (AvgIpc) is 3.07. The van der Waals surface area contributed by atoms with Gasteiger partial charge in [-0.3, -0.25) is 9.79 Å². The van der Waals surface area contributed by atoms with Crippen LogP contribution in [0.15, 0.2) is 82.2 Å². The molecule has 0 amide bonds. The standard InChI is InChI=1S/C23H16ClN3O2/c24-16-10-11-18-20(13-16)29-23(25-18)27-22-19(28)12-15-8-4-5-9-17(15)21(26-22)14-6-2-1-3-7-14/h1-11,13,22H,12H2,(H,25,27). The molecule has 6 heteroatoms. The summed E-state index contributed by atoms with van der Waals surface area (Å²) < 4.78 is 5.73. The van der Waals surface area contributed by atoms with E-state index in [0.29, 0.717) is 16.1 Å². The second-order valence-corrected chi connectivity index (χ2v) is 7.26. The first kappa shape index (κ1) is 17.6. The van der Waals surface area contributed by atoms with Gasteiger partial charge in [-0.2, -0.15) is 4.98 Å². The normalized spacial score (nSPS) is 16.2. The number of ketones is 1. The maximum Gasteiger partial charge on any atom is 0.297 e. The predicted molar refractivity (Wildman–Crippen MR) is 114 cm³/mol. The first-order chi connectivity index (χ1) is 14.2. The van der Waals surface area contributed by atoms with Gasteiger partial charge in [-0.1, -0.05) is 66.2 Å². The summed E-state index contributed by atoms with van der Waals surface area (Å²) in [6.07, 6.45) is -0.527. The molecule has 1 aliphatic rings. The lowest BCUT2D eigenvalue weighted by Gasteiger charge is -2.12. The molecule has 1 N–H and O–H groups in total. The minimum atomic E-state index is -0.804. The number of aromatic nitrogens is 1. The molecular formula is C23H16ClN3O2. The van der Waals surface area contributed by atoms with Crippen LogP contribution in [0.25, 0.3) is 11.1 Å². The molecular weight excluding hydrogens is 386 g/mol. The van der Waals surface area contributed by atoms with Crippen LogP contribution in [0.4, 0.5) is 6.01 Å². The van der Waals surface area contributed by atoms with Gasteiger partial charge in [-0.05, 0) is 17.7 Å². The Bertz CT molecular complexity index is 1250. The van der Waals surface area contributed by atoms with E-state index >= 15 is 0 Å². The Balaban J connectivity index is 1.57. The van der Waals surface area contributed by atoms with E-state index < -0.39 is 6.17 Å². The number of Topliss-reactive ketones (excluding diaryl/α,β-unsaturated/α-hetero) is 1. The zero-order valence-corrected chi connectivity index (χ0v) is 16.1. The predicted octanol–water partition coefficient (Wildman–Crippen LogP) is 4.88. The summed E-state index contributed by atoms with van der Waals surface area (Å²) in [6.45, 7) is 0. The number of fused-ring (bicyclic) bond motifs is 2. The highest BCUT2D eigenvalue weighted by molar-refractivity contribution is 6.31. The fourth-order valence-electron chi connectivity index (χ4n) is 3.48. The van der Waals surface area contributed by atoms with Gasteiger partial charge in [0, 0.05) is 28.6 Å². The van der Waals surface area contributed by atoms with Crippen molar-refractivity contribution < 1.29 is 9.21 Å². The second-order valence-electron chi connectivity index (χ2n) is 6.82. The minimum Gasteiger partial charge on any atom is -0.423 e. The lowest BCUT2D eigenvalue weighted by molar-refractivity contribution is -0.119. The van der Waals surface area contributed by atoms with Gasteiger partial charge >= 0.3 is 0 Å². The topological polar surface area (TPSA) is 67.5 Å². The molecule has 4 aromatic rings. The number of nitrogens with one attached hydrogen (secondary N) is 1. The molecule has 142 valence electrons. The summed E-state index contributed by atoms with van der Waals surface area (Å²) in [7, 11) is 0. The molecule has 0 spiro atoms. The number of hydrogen-bond acceptors (Lipinski definition) is 5. The summed E-state index contributed by atoms with van der Waals surface area (Å²) in [5, 5.41) is 3.62. The van der Waals surface area contributed by atoms with Gasteiger partial charge in [-0.15, -0.1) is 0 Å².